The summed E-state index contributed by atoms with van der Waals surface area (Å²) in [6, 6.07) is 8.69. The van der Waals surface area contributed by atoms with E-state index in [1.165, 1.54) is 10.7 Å². The Hall–Kier alpha value is -1.95. The number of carboxylic acids is 1. The highest BCUT2D eigenvalue weighted by molar-refractivity contribution is 9.10. The molecule has 2 rings (SSSR count). The van der Waals surface area contributed by atoms with Gasteiger partial charge in [0.05, 0.1) is 12.2 Å². The molecule has 0 spiro atoms. The van der Waals surface area contributed by atoms with Crippen LogP contribution in [0.1, 0.15) is 21.6 Å². The maximum atomic E-state index is 11.9. The predicted molar refractivity (Wildman–Crippen MR) is 73.4 cm³/mol. The molecular formula is C13H11BrN2O3. The van der Waals surface area contributed by atoms with Crippen molar-refractivity contribution in [2.45, 2.75) is 13.5 Å². The lowest BCUT2D eigenvalue weighted by Crippen LogP contribution is -2.29. The first-order chi connectivity index (χ1) is 8.97. The van der Waals surface area contributed by atoms with Gasteiger partial charge in [0.25, 0.3) is 5.56 Å². The molecule has 0 radical (unpaired) electrons. The Kier molecular flexibility index (Phi) is 3.80. The van der Waals surface area contributed by atoms with Crippen molar-refractivity contribution in [1.29, 1.82) is 0 Å². The molecule has 0 amide bonds. The Labute approximate surface area is 117 Å². The summed E-state index contributed by atoms with van der Waals surface area (Å²) in [5.41, 5.74) is 0.513. The molecule has 0 aliphatic rings. The number of aromatic nitrogens is 2. The van der Waals surface area contributed by atoms with E-state index in [0.29, 0.717) is 5.69 Å². The van der Waals surface area contributed by atoms with Crippen molar-refractivity contribution in [3.8, 4) is 0 Å². The van der Waals surface area contributed by atoms with Crippen LogP contribution in [0.2, 0.25) is 0 Å². The number of rotatable bonds is 3. The van der Waals surface area contributed by atoms with E-state index in [4.69, 9.17) is 5.11 Å². The predicted octanol–water partition coefficient (Wildman–Crippen LogP) is 2.06. The molecule has 0 saturated carbocycles. The second-order valence-electron chi connectivity index (χ2n) is 4.09. The van der Waals surface area contributed by atoms with E-state index in [1.54, 1.807) is 6.92 Å². The van der Waals surface area contributed by atoms with Gasteiger partial charge in [-0.25, -0.2) is 9.48 Å². The summed E-state index contributed by atoms with van der Waals surface area (Å²) in [7, 11) is 0. The highest BCUT2D eigenvalue weighted by Crippen LogP contribution is 2.11. The van der Waals surface area contributed by atoms with Crippen LogP contribution in [0.15, 0.2) is 39.6 Å². The normalized spacial score (nSPS) is 10.4. The van der Waals surface area contributed by atoms with Crippen molar-refractivity contribution in [3.05, 3.63) is 62.0 Å². The molecule has 0 saturated heterocycles. The first-order valence-corrected chi connectivity index (χ1v) is 6.33. The average molecular weight is 323 g/mol. The molecule has 1 heterocycles. The lowest BCUT2D eigenvalue weighted by molar-refractivity contribution is 0.0693. The molecule has 0 fully saturated rings. The second kappa shape index (κ2) is 5.36. The van der Waals surface area contributed by atoms with Gasteiger partial charge >= 0.3 is 5.97 Å². The molecule has 5 nitrogen and oxygen atoms in total. The van der Waals surface area contributed by atoms with Crippen LogP contribution in [0, 0.1) is 6.92 Å². The molecule has 6 heteroatoms. The topological polar surface area (TPSA) is 72.2 Å². The van der Waals surface area contributed by atoms with Crippen LogP contribution in [0.3, 0.4) is 0 Å². The van der Waals surface area contributed by atoms with Gasteiger partial charge in [0.2, 0.25) is 0 Å². The number of halogens is 1. The zero-order valence-corrected chi connectivity index (χ0v) is 11.7. The van der Waals surface area contributed by atoms with Gasteiger partial charge in [0, 0.05) is 4.47 Å². The summed E-state index contributed by atoms with van der Waals surface area (Å²) in [5.74, 6) is -1.24. The fraction of sp³-hybridized carbons (Fsp3) is 0.154. The summed E-state index contributed by atoms with van der Waals surface area (Å²) in [5, 5.41) is 13.0. The minimum Gasteiger partial charge on any atom is -0.477 e. The second-order valence-corrected chi connectivity index (χ2v) is 5.01. The minimum atomic E-state index is -1.24. The van der Waals surface area contributed by atoms with Crippen molar-refractivity contribution < 1.29 is 9.90 Å². The Morgan fingerprint density at radius 2 is 2.00 bits per heavy atom. The summed E-state index contributed by atoms with van der Waals surface area (Å²) >= 11 is 3.33. The average Bonchev–Trinajstić information content (AvgIpc) is 2.35. The molecule has 0 aliphatic carbocycles. The maximum absolute atomic E-state index is 11.9. The van der Waals surface area contributed by atoms with E-state index < -0.39 is 11.5 Å². The van der Waals surface area contributed by atoms with Gasteiger partial charge in [-0.2, -0.15) is 5.10 Å². The quantitative estimate of drug-likeness (QED) is 0.938. The first kappa shape index (κ1) is 13.5. The van der Waals surface area contributed by atoms with Crippen molar-refractivity contribution in [3.63, 3.8) is 0 Å². The summed E-state index contributed by atoms with van der Waals surface area (Å²) < 4.78 is 2.11. The Balaban J connectivity index is 2.43. The van der Waals surface area contributed by atoms with Gasteiger partial charge in [-0.15, -0.1) is 0 Å². The smallest absolute Gasteiger partial charge is 0.341 e. The lowest BCUT2D eigenvalue weighted by Gasteiger charge is -2.07. The molecule has 0 aliphatic heterocycles. The fourth-order valence-electron chi connectivity index (χ4n) is 1.70. The first-order valence-electron chi connectivity index (χ1n) is 5.54. The van der Waals surface area contributed by atoms with Gasteiger partial charge in [-0.3, -0.25) is 4.79 Å². The van der Waals surface area contributed by atoms with Crippen LogP contribution in [0.4, 0.5) is 0 Å². The number of aromatic carboxylic acids is 1. The lowest BCUT2D eigenvalue weighted by atomic mass is 10.2. The van der Waals surface area contributed by atoms with Crippen LogP contribution < -0.4 is 5.56 Å². The molecule has 2 aromatic rings. The molecule has 19 heavy (non-hydrogen) atoms. The molecule has 1 aromatic heterocycles. The van der Waals surface area contributed by atoms with Crippen molar-refractivity contribution in [2.24, 2.45) is 0 Å². The van der Waals surface area contributed by atoms with Crippen LogP contribution in [-0.2, 0) is 6.54 Å². The standard InChI is InChI=1S/C13H11BrN2O3/c1-8-6-11(13(18)19)12(17)16(15-8)7-9-2-4-10(14)5-3-9/h2-6H,7H2,1H3,(H,18,19). The maximum Gasteiger partial charge on any atom is 0.341 e. The number of hydrogen-bond acceptors (Lipinski definition) is 3. The van der Waals surface area contributed by atoms with E-state index in [2.05, 4.69) is 21.0 Å². The summed E-state index contributed by atoms with van der Waals surface area (Å²) in [6.07, 6.45) is 0. The third-order valence-electron chi connectivity index (χ3n) is 2.57. The van der Waals surface area contributed by atoms with E-state index in [0.717, 1.165) is 10.0 Å². The summed E-state index contributed by atoms with van der Waals surface area (Å²) in [4.78, 5) is 22.9. The Bertz CT molecular complexity index is 677. The molecule has 0 unspecified atom stereocenters. The van der Waals surface area contributed by atoms with Gasteiger partial charge in [0.15, 0.2) is 0 Å². The number of hydrogen-bond donors (Lipinski definition) is 1. The van der Waals surface area contributed by atoms with Crippen molar-refractivity contribution in [1.82, 2.24) is 9.78 Å². The van der Waals surface area contributed by atoms with E-state index in [-0.39, 0.29) is 12.1 Å². The van der Waals surface area contributed by atoms with Gasteiger partial charge < -0.3 is 5.11 Å². The van der Waals surface area contributed by atoms with Crippen LogP contribution >= 0.6 is 15.9 Å². The third-order valence-corrected chi connectivity index (χ3v) is 3.10. The molecule has 0 atom stereocenters. The number of carboxylic acid groups (broad SMARTS) is 1. The fourth-order valence-corrected chi connectivity index (χ4v) is 1.96. The number of nitrogens with zero attached hydrogens (tertiary/aromatic N) is 2. The van der Waals surface area contributed by atoms with Crippen molar-refractivity contribution >= 4 is 21.9 Å². The minimum absolute atomic E-state index is 0.244. The van der Waals surface area contributed by atoms with E-state index in [9.17, 15) is 9.59 Å². The van der Waals surface area contributed by atoms with E-state index in [1.807, 2.05) is 24.3 Å². The SMILES string of the molecule is Cc1cc(C(=O)O)c(=O)n(Cc2ccc(Br)cc2)n1. The third kappa shape index (κ3) is 3.08. The zero-order valence-electron chi connectivity index (χ0n) is 10.1. The number of aryl methyl sites for hydroxylation is 1. The molecule has 1 aromatic carbocycles. The van der Waals surface area contributed by atoms with Crippen LogP contribution in [0.5, 0.6) is 0 Å². The zero-order chi connectivity index (χ0) is 14.0. The Morgan fingerprint density at radius 1 is 1.37 bits per heavy atom. The van der Waals surface area contributed by atoms with Crippen LogP contribution in [-0.4, -0.2) is 20.9 Å². The molecule has 0 bridgehead atoms. The van der Waals surface area contributed by atoms with E-state index >= 15 is 0 Å². The number of carbonyl (C=O) groups is 1. The van der Waals surface area contributed by atoms with Crippen LogP contribution in [0.25, 0.3) is 0 Å². The molecule has 98 valence electrons. The van der Waals surface area contributed by atoms with Crippen molar-refractivity contribution in [2.75, 3.05) is 0 Å². The monoisotopic (exact) mass is 322 g/mol. The Morgan fingerprint density at radius 3 is 2.58 bits per heavy atom. The highest BCUT2D eigenvalue weighted by Gasteiger charge is 2.13. The molecular weight excluding hydrogens is 312 g/mol. The van der Waals surface area contributed by atoms with Gasteiger partial charge in [-0.05, 0) is 30.7 Å². The van der Waals surface area contributed by atoms with Gasteiger partial charge in [-0.1, -0.05) is 28.1 Å². The number of benzene rings is 1. The van der Waals surface area contributed by atoms with Gasteiger partial charge in [0.1, 0.15) is 5.56 Å². The summed E-state index contributed by atoms with van der Waals surface area (Å²) in [6.45, 7) is 1.90. The molecule has 1 N–H and O–H groups in total. The highest BCUT2D eigenvalue weighted by atomic mass is 79.9. The largest absolute Gasteiger partial charge is 0.477 e.